The van der Waals surface area contributed by atoms with Gasteiger partial charge in [0, 0.05) is 6.07 Å². The van der Waals surface area contributed by atoms with Crippen molar-refractivity contribution in [3.63, 3.8) is 0 Å². The van der Waals surface area contributed by atoms with Crippen LogP contribution in [-0.4, -0.2) is 59.6 Å². The number of carbonyl (C=O) groups is 1. The largest absolute Gasteiger partial charge is 0.486 e. The lowest BCUT2D eigenvalue weighted by atomic mass is 10.2. The summed E-state index contributed by atoms with van der Waals surface area (Å²) in [6, 6.07) is 12.0. The lowest BCUT2D eigenvalue weighted by Crippen LogP contribution is -2.45. The van der Waals surface area contributed by atoms with E-state index in [0.717, 1.165) is 10.6 Å². The highest BCUT2D eigenvalue weighted by molar-refractivity contribution is 7.92. The van der Waals surface area contributed by atoms with E-state index in [1.54, 1.807) is 24.3 Å². The number of nitrogens with zero attached hydrogens (tertiary/aromatic N) is 1. The third-order valence-corrected chi connectivity index (χ3v) is 5.74. The minimum Gasteiger partial charge on any atom is -0.486 e. The quantitative estimate of drug-likeness (QED) is 0.728. The van der Waals surface area contributed by atoms with Crippen molar-refractivity contribution in [1.82, 2.24) is 5.32 Å². The first-order chi connectivity index (χ1) is 14.4. The fourth-order valence-corrected chi connectivity index (χ4v) is 4.01. The van der Waals surface area contributed by atoms with Crippen LogP contribution in [0.15, 0.2) is 42.5 Å². The number of anilines is 1. The highest BCUT2D eigenvalue weighted by atomic mass is 32.2. The number of fused-ring (bicyclic) bond motifs is 2. The average Bonchev–Trinajstić information content (AvgIpc) is 2.75. The van der Waals surface area contributed by atoms with Crippen LogP contribution in [0.2, 0.25) is 0 Å². The Hall–Kier alpha value is -3.14. The number of carbonyl (C=O) groups excluding carboxylic acids is 1. The van der Waals surface area contributed by atoms with Crippen LogP contribution < -0.4 is 28.6 Å². The fraction of sp³-hybridized carbons (Fsp3) is 0.350. The van der Waals surface area contributed by atoms with Crippen LogP contribution in [-0.2, 0) is 14.8 Å². The van der Waals surface area contributed by atoms with Gasteiger partial charge in [0.05, 0.1) is 18.5 Å². The summed E-state index contributed by atoms with van der Waals surface area (Å²) in [5.74, 6) is 1.79. The second-order valence-corrected chi connectivity index (χ2v) is 8.81. The van der Waals surface area contributed by atoms with Crippen molar-refractivity contribution in [3.05, 3.63) is 42.5 Å². The summed E-state index contributed by atoms with van der Waals surface area (Å²) in [4.78, 5) is 12.5. The Morgan fingerprint density at radius 2 is 1.73 bits per heavy atom. The fourth-order valence-electron chi connectivity index (χ4n) is 3.16. The maximum Gasteiger partial charge on any atom is 0.240 e. The third-order valence-electron chi connectivity index (χ3n) is 4.60. The summed E-state index contributed by atoms with van der Waals surface area (Å²) < 4.78 is 48.0. The van der Waals surface area contributed by atoms with Gasteiger partial charge in [-0.05, 0) is 24.3 Å². The summed E-state index contributed by atoms with van der Waals surface area (Å²) in [6.07, 6.45) is 0.677. The number of ether oxygens (including phenoxy) is 4. The van der Waals surface area contributed by atoms with Crippen molar-refractivity contribution < 1.29 is 32.2 Å². The number of hydrogen-bond acceptors (Lipinski definition) is 7. The standard InChI is InChI=1S/C20H22N2O7S/c1-30(24,25)22(14-6-7-17-19(10-14)27-9-8-26-17)12-20(23)21-11-15-13-28-16-4-2-3-5-18(16)29-15/h2-7,10,15H,8-9,11-13H2,1H3,(H,21,23). The monoisotopic (exact) mass is 434 g/mol. The molecule has 1 unspecified atom stereocenters. The van der Waals surface area contributed by atoms with Crippen molar-refractivity contribution >= 4 is 21.6 Å². The molecule has 30 heavy (non-hydrogen) atoms. The summed E-state index contributed by atoms with van der Waals surface area (Å²) in [6.45, 7) is 0.911. The Balaban J connectivity index is 1.40. The summed E-state index contributed by atoms with van der Waals surface area (Å²) >= 11 is 0. The van der Waals surface area contributed by atoms with Crippen molar-refractivity contribution in [1.29, 1.82) is 0 Å². The summed E-state index contributed by atoms with van der Waals surface area (Å²) in [7, 11) is -3.70. The van der Waals surface area contributed by atoms with Crippen LogP contribution in [0.1, 0.15) is 0 Å². The molecule has 0 radical (unpaired) electrons. The number of amides is 1. The number of hydrogen-bond donors (Lipinski definition) is 1. The van der Waals surface area contributed by atoms with Crippen molar-refractivity contribution in [2.24, 2.45) is 0 Å². The maximum atomic E-state index is 12.5. The number of nitrogens with one attached hydrogen (secondary N) is 1. The molecule has 0 fully saturated rings. The molecular formula is C20H22N2O7S. The molecule has 0 saturated heterocycles. The molecular weight excluding hydrogens is 412 g/mol. The number of sulfonamides is 1. The van der Waals surface area contributed by atoms with E-state index in [1.165, 1.54) is 0 Å². The Bertz CT molecular complexity index is 1040. The van der Waals surface area contributed by atoms with Crippen molar-refractivity contribution in [2.45, 2.75) is 6.10 Å². The molecule has 1 N–H and O–H groups in total. The normalized spacial score (nSPS) is 17.2. The first kappa shape index (κ1) is 20.1. The predicted octanol–water partition coefficient (Wildman–Crippen LogP) is 1.18. The number of rotatable bonds is 6. The van der Waals surface area contributed by atoms with Crippen LogP contribution in [0.3, 0.4) is 0 Å². The van der Waals surface area contributed by atoms with E-state index in [2.05, 4.69) is 5.32 Å². The van der Waals surface area contributed by atoms with Crippen LogP contribution in [0.4, 0.5) is 5.69 Å². The molecule has 2 aliphatic rings. The average molecular weight is 434 g/mol. The first-order valence-corrected chi connectivity index (χ1v) is 11.3. The van der Waals surface area contributed by atoms with Gasteiger partial charge in [-0.1, -0.05) is 12.1 Å². The van der Waals surface area contributed by atoms with Gasteiger partial charge < -0.3 is 24.3 Å². The van der Waals surface area contributed by atoms with E-state index in [-0.39, 0.29) is 25.8 Å². The Morgan fingerprint density at radius 1 is 1.03 bits per heavy atom. The van der Waals surface area contributed by atoms with Gasteiger partial charge in [0.25, 0.3) is 0 Å². The first-order valence-electron chi connectivity index (χ1n) is 9.43. The minimum atomic E-state index is -3.70. The van der Waals surface area contributed by atoms with Crippen molar-refractivity contribution in [3.8, 4) is 23.0 Å². The molecule has 1 amide bonds. The molecule has 160 valence electrons. The molecule has 0 aromatic heterocycles. The van der Waals surface area contributed by atoms with E-state index < -0.39 is 15.9 Å². The smallest absolute Gasteiger partial charge is 0.240 e. The maximum absolute atomic E-state index is 12.5. The van der Waals surface area contributed by atoms with E-state index in [9.17, 15) is 13.2 Å². The van der Waals surface area contributed by atoms with E-state index in [1.807, 2.05) is 18.2 Å². The van der Waals surface area contributed by atoms with E-state index in [0.29, 0.717) is 41.9 Å². The van der Waals surface area contributed by atoms with Gasteiger partial charge in [-0.2, -0.15) is 0 Å². The van der Waals surface area contributed by atoms with E-state index in [4.69, 9.17) is 18.9 Å². The van der Waals surface area contributed by atoms with Gasteiger partial charge >= 0.3 is 0 Å². The van der Waals surface area contributed by atoms with Crippen LogP contribution >= 0.6 is 0 Å². The SMILES string of the molecule is CS(=O)(=O)N(CC(=O)NCC1COc2ccccc2O1)c1ccc2c(c1)OCCO2. The van der Waals surface area contributed by atoms with Gasteiger partial charge in [0.1, 0.15) is 32.5 Å². The van der Waals surface area contributed by atoms with Crippen LogP contribution in [0.5, 0.6) is 23.0 Å². The van der Waals surface area contributed by atoms with Crippen molar-refractivity contribution in [2.75, 3.05) is 43.5 Å². The molecule has 9 nitrogen and oxygen atoms in total. The zero-order valence-corrected chi connectivity index (χ0v) is 17.2. The molecule has 2 aromatic rings. The zero-order chi connectivity index (χ0) is 21.1. The molecule has 0 spiro atoms. The van der Waals surface area contributed by atoms with Gasteiger partial charge in [-0.3, -0.25) is 9.10 Å². The Labute approximate surface area is 174 Å². The molecule has 2 aromatic carbocycles. The van der Waals surface area contributed by atoms with Gasteiger partial charge in [-0.25, -0.2) is 8.42 Å². The minimum absolute atomic E-state index is 0.186. The lowest BCUT2D eigenvalue weighted by Gasteiger charge is -2.27. The highest BCUT2D eigenvalue weighted by Gasteiger charge is 2.25. The molecule has 0 bridgehead atoms. The highest BCUT2D eigenvalue weighted by Crippen LogP contribution is 2.34. The van der Waals surface area contributed by atoms with E-state index >= 15 is 0 Å². The number of benzene rings is 2. The molecule has 1 atom stereocenters. The zero-order valence-electron chi connectivity index (χ0n) is 16.4. The second-order valence-electron chi connectivity index (χ2n) is 6.90. The molecule has 0 aliphatic carbocycles. The molecule has 10 heteroatoms. The predicted molar refractivity (Wildman–Crippen MR) is 109 cm³/mol. The van der Waals surface area contributed by atoms with Gasteiger partial charge in [-0.15, -0.1) is 0 Å². The second kappa shape index (κ2) is 8.31. The number of para-hydroxylation sites is 2. The lowest BCUT2D eigenvalue weighted by molar-refractivity contribution is -0.120. The molecule has 2 aliphatic heterocycles. The Kier molecular flexibility index (Phi) is 5.58. The molecule has 2 heterocycles. The molecule has 0 saturated carbocycles. The van der Waals surface area contributed by atoms with Crippen LogP contribution in [0.25, 0.3) is 0 Å². The topological polar surface area (TPSA) is 103 Å². The van der Waals surface area contributed by atoms with Gasteiger partial charge in [0.2, 0.25) is 15.9 Å². The summed E-state index contributed by atoms with van der Waals surface area (Å²) in [5, 5.41) is 2.71. The molecule has 4 rings (SSSR count). The Morgan fingerprint density at radius 3 is 2.50 bits per heavy atom. The third kappa shape index (κ3) is 4.54. The van der Waals surface area contributed by atoms with Crippen LogP contribution in [0, 0.1) is 0 Å². The summed E-state index contributed by atoms with van der Waals surface area (Å²) in [5.41, 5.74) is 0.322. The van der Waals surface area contributed by atoms with Gasteiger partial charge in [0.15, 0.2) is 23.0 Å².